The quantitative estimate of drug-likeness (QED) is 0.646. The Kier molecular flexibility index (Phi) is 5.76. The van der Waals surface area contributed by atoms with Crippen molar-refractivity contribution in [1.29, 1.82) is 0 Å². The Bertz CT molecular complexity index is 1120. The van der Waals surface area contributed by atoms with E-state index < -0.39 is 11.0 Å². The Morgan fingerprint density at radius 3 is 2.67 bits per heavy atom. The summed E-state index contributed by atoms with van der Waals surface area (Å²) in [6, 6.07) is 5.97. The van der Waals surface area contributed by atoms with Gasteiger partial charge in [-0.05, 0) is 68.6 Å². The number of aromatic nitrogens is 1. The van der Waals surface area contributed by atoms with Crippen molar-refractivity contribution in [2.45, 2.75) is 64.4 Å². The lowest BCUT2D eigenvalue weighted by Crippen LogP contribution is -2.58. The Morgan fingerprint density at radius 2 is 1.92 bits per heavy atom. The van der Waals surface area contributed by atoms with E-state index in [0.29, 0.717) is 31.2 Å². The van der Waals surface area contributed by atoms with Gasteiger partial charge in [0.2, 0.25) is 0 Å². The van der Waals surface area contributed by atoms with Crippen LogP contribution in [0.4, 0.5) is 5.82 Å². The summed E-state index contributed by atoms with van der Waals surface area (Å²) < 4.78 is 0. The van der Waals surface area contributed by atoms with Gasteiger partial charge in [-0.3, -0.25) is 14.5 Å². The molecular formula is C30H39N3O3. The highest BCUT2D eigenvalue weighted by atomic mass is 16.3. The molecule has 1 aromatic heterocycles. The summed E-state index contributed by atoms with van der Waals surface area (Å²) in [6.45, 7) is 8.11. The van der Waals surface area contributed by atoms with Crippen molar-refractivity contribution in [1.82, 2.24) is 9.88 Å². The average Bonchev–Trinajstić information content (AvgIpc) is 3.17. The molecule has 6 heteroatoms. The molecule has 4 aliphatic carbocycles. The minimum absolute atomic E-state index is 0.00139. The molecule has 3 fully saturated rings. The van der Waals surface area contributed by atoms with Gasteiger partial charge in [0.25, 0.3) is 0 Å². The number of ketones is 2. The van der Waals surface area contributed by atoms with Gasteiger partial charge in [0, 0.05) is 49.6 Å². The van der Waals surface area contributed by atoms with Crippen LogP contribution in [-0.2, 0) is 9.59 Å². The fourth-order valence-corrected chi connectivity index (χ4v) is 8.34. The van der Waals surface area contributed by atoms with Crippen molar-refractivity contribution in [2.24, 2.45) is 22.7 Å². The number of fused-ring (bicyclic) bond motifs is 5. The zero-order valence-corrected chi connectivity index (χ0v) is 21.7. The predicted molar refractivity (Wildman–Crippen MR) is 140 cm³/mol. The lowest BCUT2D eigenvalue weighted by atomic mass is 9.50. The van der Waals surface area contributed by atoms with Gasteiger partial charge in [0.1, 0.15) is 11.4 Å². The number of Topliss-reactive ketones (excluding diaryl/α,β-unsaturated/α-hetero) is 1. The topological polar surface area (TPSA) is 73.7 Å². The van der Waals surface area contributed by atoms with E-state index in [-0.39, 0.29) is 17.0 Å². The molecule has 6 nitrogen and oxygen atoms in total. The van der Waals surface area contributed by atoms with E-state index in [2.05, 4.69) is 34.7 Å². The second-order valence-electron chi connectivity index (χ2n) is 12.3. The first-order chi connectivity index (χ1) is 17.2. The minimum Gasteiger partial charge on any atom is -0.381 e. The van der Waals surface area contributed by atoms with E-state index in [1.165, 1.54) is 11.1 Å². The SMILES string of the molecule is C[C@]12CCC(=O)C=C1CCC1C2=CC[C@@]2(C)C1CC[C@]2(O)C(=O)CN1CCN(c2ccccn2)CC1. The second kappa shape index (κ2) is 8.63. The zero-order valence-electron chi connectivity index (χ0n) is 21.7. The molecule has 1 aliphatic heterocycles. The number of aliphatic hydroxyl groups is 1. The number of carbonyl (C=O) groups excluding carboxylic acids is 2. The van der Waals surface area contributed by atoms with Crippen LogP contribution in [0, 0.1) is 22.7 Å². The molecule has 192 valence electrons. The minimum atomic E-state index is -1.27. The molecule has 2 unspecified atom stereocenters. The summed E-state index contributed by atoms with van der Waals surface area (Å²) in [7, 11) is 0. The maximum atomic E-state index is 13.7. The maximum absolute atomic E-state index is 13.7. The zero-order chi connectivity index (χ0) is 25.1. The summed E-state index contributed by atoms with van der Waals surface area (Å²) in [6.07, 6.45) is 11.8. The normalized spacial score (nSPS) is 38.5. The largest absolute Gasteiger partial charge is 0.381 e. The van der Waals surface area contributed by atoms with Crippen molar-refractivity contribution in [3.05, 3.63) is 47.7 Å². The molecular weight excluding hydrogens is 450 g/mol. The number of allylic oxidation sites excluding steroid dienone is 4. The van der Waals surface area contributed by atoms with E-state index in [1.807, 2.05) is 30.5 Å². The van der Waals surface area contributed by atoms with Gasteiger partial charge >= 0.3 is 0 Å². The predicted octanol–water partition coefficient (Wildman–Crippen LogP) is 3.96. The fourth-order valence-electron chi connectivity index (χ4n) is 8.34. The van der Waals surface area contributed by atoms with Crippen molar-refractivity contribution < 1.29 is 14.7 Å². The molecule has 2 saturated carbocycles. The third-order valence-electron chi connectivity index (χ3n) is 10.7. The summed E-state index contributed by atoms with van der Waals surface area (Å²) in [5, 5.41) is 12.0. The average molecular weight is 490 g/mol. The third-order valence-corrected chi connectivity index (χ3v) is 10.7. The fraction of sp³-hybridized carbons (Fsp3) is 0.633. The van der Waals surface area contributed by atoms with Crippen molar-refractivity contribution >= 4 is 17.4 Å². The van der Waals surface area contributed by atoms with Gasteiger partial charge in [0.15, 0.2) is 11.6 Å². The summed E-state index contributed by atoms with van der Waals surface area (Å²) >= 11 is 0. The Morgan fingerprint density at radius 1 is 1.11 bits per heavy atom. The third kappa shape index (κ3) is 3.55. The molecule has 0 amide bonds. The van der Waals surface area contributed by atoms with E-state index in [9.17, 15) is 14.7 Å². The highest BCUT2D eigenvalue weighted by Crippen LogP contribution is 2.65. The van der Waals surface area contributed by atoms with Crippen LogP contribution in [0.25, 0.3) is 0 Å². The number of nitrogens with zero attached hydrogens (tertiary/aromatic N) is 3. The number of hydrogen-bond donors (Lipinski definition) is 1. The highest BCUT2D eigenvalue weighted by Gasteiger charge is 2.64. The lowest BCUT2D eigenvalue weighted by molar-refractivity contribution is -0.154. The van der Waals surface area contributed by atoms with Gasteiger partial charge in [-0.2, -0.15) is 0 Å². The smallest absolute Gasteiger partial charge is 0.178 e. The van der Waals surface area contributed by atoms with Gasteiger partial charge in [-0.25, -0.2) is 4.98 Å². The van der Waals surface area contributed by atoms with Gasteiger partial charge in [-0.15, -0.1) is 0 Å². The number of hydrogen-bond acceptors (Lipinski definition) is 6. The molecule has 0 bridgehead atoms. The molecule has 0 aromatic carbocycles. The molecule has 6 rings (SSSR count). The van der Waals surface area contributed by atoms with Crippen LogP contribution in [0.3, 0.4) is 0 Å². The molecule has 36 heavy (non-hydrogen) atoms. The van der Waals surface area contributed by atoms with Crippen LogP contribution in [-0.4, -0.2) is 64.9 Å². The van der Waals surface area contributed by atoms with Crippen molar-refractivity contribution in [2.75, 3.05) is 37.6 Å². The molecule has 0 spiro atoms. The number of pyridine rings is 1. The monoisotopic (exact) mass is 489 g/mol. The summed E-state index contributed by atoms with van der Waals surface area (Å²) in [4.78, 5) is 34.8. The van der Waals surface area contributed by atoms with E-state index in [1.54, 1.807) is 0 Å². The van der Waals surface area contributed by atoms with Crippen LogP contribution in [0.2, 0.25) is 0 Å². The Hall–Kier alpha value is -2.31. The van der Waals surface area contributed by atoms with Gasteiger partial charge < -0.3 is 10.0 Å². The van der Waals surface area contributed by atoms with E-state index in [0.717, 1.165) is 64.1 Å². The van der Waals surface area contributed by atoms with E-state index in [4.69, 9.17) is 0 Å². The molecule has 1 N–H and O–H groups in total. The molecule has 5 aliphatic rings. The first kappa shape index (κ1) is 24.1. The summed E-state index contributed by atoms with van der Waals surface area (Å²) in [5.74, 6) is 1.98. The standard InChI is InChI=1S/C30H39N3O3/c1-28-11-8-22(34)19-21(28)6-7-23-24(28)9-12-29(2)25(23)10-13-30(29,36)26(35)20-32-15-17-33(18-16-32)27-5-3-4-14-31-27/h3-5,9,14,19,23,25,36H,6-8,10-13,15-18,20H2,1-2H3/t23?,25?,28-,29-,30-/m0/s1. The van der Waals surface area contributed by atoms with Crippen LogP contribution < -0.4 is 4.90 Å². The van der Waals surface area contributed by atoms with Gasteiger partial charge in [-0.1, -0.05) is 37.1 Å². The summed E-state index contributed by atoms with van der Waals surface area (Å²) in [5.41, 5.74) is 1.08. The van der Waals surface area contributed by atoms with E-state index >= 15 is 0 Å². The first-order valence-corrected chi connectivity index (χ1v) is 13.8. The van der Waals surface area contributed by atoms with Crippen molar-refractivity contribution in [3.8, 4) is 0 Å². The highest BCUT2D eigenvalue weighted by molar-refractivity contribution is 5.92. The number of anilines is 1. The Balaban J connectivity index is 1.17. The molecule has 0 radical (unpaired) electrons. The molecule has 1 saturated heterocycles. The molecule has 5 atom stereocenters. The lowest BCUT2D eigenvalue weighted by Gasteiger charge is -2.54. The second-order valence-corrected chi connectivity index (χ2v) is 12.3. The van der Waals surface area contributed by atoms with Crippen LogP contribution in [0.5, 0.6) is 0 Å². The van der Waals surface area contributed by atoms with Crippen LogP contribution >= 0.6 is 0 Å². The van der Waals surface area contributed by atoms with Gasteiger partial charge in [0.05, 0.1) is 6.54 Å². The first-order valence-electron chi connectivity index (χ1n) is 13.8. The number of rotatable bonds is 4. The molecule has 1 aromatic rings. The maximum Gasteiger partial charge on any atom is 0.178 e. The number of carbonyl (C=O) groups is 2. The Labute approximate surface area is 214 Å². The van der Waals surface area contributed by atoms with Crippen molar-refractivity contribution in [3.63, 3.8) is 0 Å². The van der Waals surface area contributed by atoms with Crippen LogP contribution in [0.1, 0.15) is 58.8 Å². The molecule has 2 heterocycles. The van der Waals surface area contributed by atoms with Crippen LogP contribution in [0.15, 0.2) is 47.7 Å². The number of piperazine rings is 1.